The van der Waals surface area contributed by atoms with Crippen LogP contribution < -0.4 is 10.1 Å². The molecular weight excluding hydrogens is 210 g/mol. The van der Waals surface area contributed by atoms with E-state index in [1.165, 1.54) is 0 Å². The fraction of sp³-hybridized carbons (Fsp3) is 0.600. The monoisotopic (exact) mass is 225 g/mol. The summed E-state index contributed by atoms with van der Waals surface area (Å²) in [5, 5.41) is 15.8. The number of fused-ring (bicyclic) bond motifs is 1. The third-order valence-electron chi connectivity index (χ3n) is 2.45. The van der Waals surface area contributed by atoms with E-state index in [0.29, 0.717) is 24.7 Å². The molecule has 0 saturated heterocycles. The summed E-state index contributed by atoms with van der Waals surface area (Å²) in [6.07, 6.45) is -0.560. The summed E-state index contributed by atoms with van der Waals surface area (Å²) in [7, 11) is 0. The largest absolute Gasteiger partial charge is 0.476 e. The predicted octanol–water partition coefficient (Wildman–Crippen LogP) is -0.305. The number of carbonyl (C=O) groups is 1. The van der Waals surface area contributed by atoms with Crippen LogP contribution in [0.2, 0.25) is 0 Å². The molecule has 88 valence electrons. The molecule has 0 radical (unpaired) electrons. The number of nitrogens with one attached hydrogen (secondary N) is 1. The maximum absolute atomic E-state index is 11.7. The molecule has 2 rings (SSSR count). The number of aromatic nitrogens is 2. The quantitative estimate of drug-likeness (QED) is 0.740. The molecule has 0 spiro atoms. The van der Waals surface area contributed by atoms with E-state index in [1.807, 2.05) is 0 Å². The van der Waals surface area contributed by atoms with Gasteiger partial charge in [-0.3, -0.25) is 4.79 Å². The van der Waals surface area contributed by atoms with Gasteiger partial charge in [0.05, 0.1) is 12.6 Å². The molecule has 1 aromatic rings. The number of ether oxygens (including phenoxy) is 1. The second-order valence-corrected chi connectivity index (χ2v) is 3.91. The maximum atomic E-state index is 11.7. The second-order valence-electron chi connectivity index (χ2n) is 3.91. The SMILES string of the molecule is Cc1c(C(=O)NCC(C)O)nn2c1OCC2. The highest BCUT2D eigenvalue weighted by Gasteiger charge is 2.24. The van der Waals surface area contributed by atoms with Gasteiger partial charge in [-0.25, -0.2) is 4.68 Å². The van der Waals surface area contributed by atoms with E-state index in [-0.39, 0.29) is 12.5 Å². The van der Waals surface area contributed by atoms with E-state index >= 15 is 0 Å². The van der Waals surface area contributed by atoms with Crippen molar-refractivity contribution in [3.63, 3.8) is 0 Å². The van der Waals surface area contributed by atoms with Crippen molar-refractivity contribution < 1.29 is 14.6 Å². The van der Waals surface area contributed by atoms with E-state index in [9.17, 15) is 4.79 Å². The van der Waals surface area contributed by atoms with E-state index in [2.05, 4.69) is 10.4 Å². The van der Waals surface area contributed by atoms with Gasteiger partial charge in [-0.2, -0.15) is 5.10 Å². The zero-order valence-electron chi connectivity index (χ0n) is 9.36. The molecule has 1 unspecified atom stereocenters. The molecule has 16 heavy (non-hydrogen) atoms. The van der Waals surface area contributed by atoms with Crippen molar-refractivity contribution in [3.8, 4) is 5.88 Å². The molecule has 0 saturated carbocycles. The maximum Gasteiger partial charge on any atom is 0.272 e. The summed E-state index contributed by atoms with van der Waals surface area (Å²) in [6.45, 7) is 4.94. The minimum atomic E-state index is -0.560. The molecule has 0 aliphatic carbocycles. The first kappa shape index (κ1) is 10.9. The molecule has 1 amide bonds. The van der Waals surface area contributed by atoms with Crippen LogP contribution in [0.15, 0.2) is 0 Å². The van der Waals surface area contributed by atoms with Gasteiger partial charge in [0, 0.05) is 12.1 Å². The Labute approximate surface area is 93.2 Å². The molecule has 1 aromatic heterocycles. The Kier molecular flexibility index (Phi) is 2.82. The van der Waals surface area contributed by atoms with E-state index in [1.54, 1.807) is 18.5 Å². The summed E-state index contributed by atoms with van der Waals surface area (Å²) >= 11 is 0. The van der Waals surface area contributed by atoms with Gasteiger partial charge in [-0.1, -0.05) is 0 Å². The number of nitrogens with zero attached hydrogens (tertiary/aromatic N) is 2. The summed E-state index contributed by atoms with van der Waals surface area (Å²) in [5.41, 5.74) is 1.12. The molecule has 1 atom stereocenters. The van der Waals surface area contributed by atoms with Crippen molar-refractivity contribution in [1.82, 2.24) is 15.1 Å². The summed E-state index contributed by atoms with van der Waals surface area (Å²) < 4.78 is 7.04. The Hall–Kier alpha value is -1.56. The minimum Gasteiger partial charge on any atom is -0.476 e. The van der Waals surface area contributed by atoms with E-state index < -0.39 is 6.10 Å². The van der Waals surface area contributed by atoms with Gasteiger partial charge in [0.15, 0.2) is 5.69 Å². The first-order chi connectivity index (χ1) is 7.59. The molecule has 0 bridgehead atoms. The van der Waals surface area contributed by atoms with Crippen LogP contribution in [0.3, 0.4) is 0 Å². The zero-order chi connectivity index (χ0) is 11.7. The van der Waals surface area contributed by atoms with Gasteiger partial charge in [-0.15, -0.1) is 0 Å². The van der Waals surface area contributed by atoms with Gasteiger partial charge in [-0.05, 0) is 13.8 Å². The lowest BCUT2D eigenvalue weighted by molar-refractivity contribution is 0.0917. The first-order valence-electron chi connectivity index (χ1n) is 5.26. The lowest BCUT2D eigenvalue weighted by Gasteiger charge is -2.05. The molecule has 2 heterocycles. The Morgan fingerprint density at radius 1 is 1.75 bits per heavy atom. The van der Waals surface area contributed by atoms with Crippen LogP contribution in [0, 0.1) is 6.92 Å². The van der Waals surface area contributed by atoms with Gasteiger partial charge in [0.2, 0.25) is 5.88 Å². The molecule has 1 aliphatic heterocycles. The predicted molar refractivity (Wildman–Crippen MR) is 56.5 cm³/mol. The minimum absolute atomic E-state index is 0.224. The molecular formula is C10H15N3O3. The van der Waals surface area contributed by atoms with Crippen LogP contribution in [-0.2, 0) is 6.54 Å². The van der Waals surface area contributed by atoms with Crippen molar-refractivity contribution in [2.45, 2.75) is 26.5 Å². The smallest absolute Gasteiger partial charge is 0.272 e. The molecule has 6 heteroatoms. The van der Waals surface area contributed by atoms with Crippen molar-refractivity contribution in [1.29, 1.82) is 0 Å². The van der Waals surface area contributed by atoms with E-state index in [0.717, 1.165) is 5.56 Å². The first-order valence-corrected chi connectivity index (χ1v) is 5.26. The van der Waals surface area contributed by atoms with Crippen LogP contribution in [0.25, 0.3) is 0 Å². The standard InChI is InChI=1S/C10H15N3O3/c1-6(14)5-11-9(15)8-7(2)10-13(12-8)3-4-16-10/h6,14H,3-5H2,1-2H3,(H,11,15). The summed E-state index contributed by atoms with van der Waals surface area (Å²) in [5.74, 6) is 0.395. The number of hydrogen-bond acceptors (Lipinski definition) is 4. The highest BCUT2D eigenvalue weighted by Crippen LogP contribution is 2.25. The van der Waals surface area contributed by atoms with Crippen LogP contribution in [0.1, 0.15) is 23.0 Å². The Morgan fingerprint density at radius 2 is 2.50 bits per heavy atom. The Balaban J connectivity index is 2.12. The van der Waals surface area contributed by atoms with Crippen LogP contribution in [0.4, 0.5) is 0 Å². The van der Waals surface area contributed by atoms with Crippen molar-refractivity contribution in [3.05, 3.63) is 11.3 Å². The Bertz CT molecular complexity index is 412. The number of carbonyl (C=O) groups excluding carboxylic acids is 1. The van der Waals surface area contributed by atoms with Crippen LogP contribution >= 0.6 is 0 Å². The number of rotatable bonds is 3. The fourth-order valence-electron chi connectivity index (χ4n) is 1.64. The van der Waals surface area contributed by atoms with Crippen molar-refractivity contribution in [2.75, 3.05) is 13.2 Å². The fourth-order valence-corrected chi connectivity index (χ4v) is 1.64. The lowest BCUT2D eigenvalue weighted by Crippen LogP contribution is -2.31. The van der Waals surface area contributed by atoms with E-state index in [4.69, 9.17) is 9.84 Å². The number of aliphatic hydroxyl groups excluding tert-OH is 1. The Morgan fingerprint density at radius 3 is 3.12 bits per heavy atom. The van der Waals surface area contributed by atoms with Gasteiger partial charge < -0.3 is 15.2 Å². The third-order valence-corrected chi connectivity index (χ3v) is 2.45. The zero-order valence-corrected chi connectivity index (χ0v) is 9.36. The normalized spacial score (nSPS) is 15.4. The molecule has 0 fully saturated rings. The number of amides is 1. The highest BCUT2D eigenvalue weighted by atomic mass is 16.5. The topological polar surface area (TPSA) is 76.4 Å². The molecule has 0 aromatic carbocycles. The molecule has 6 nitrogen and oxygen atoms in total. The summed E-state index contributed by atoms with van der Waals surface area (Å²) in [6, 6.07) is 0. The lowest BCUT2D eigenvalue weighted by atomic mass is 10.2. The second kappa shape index (κ2) is 4.13. The summed E-state index contributed by atoms with van der Waals surface area (Å²) in [4.78, 5) is 11.7. The third kappa shape index (κ3) is 1.88. The van der Waals surface area contributed by atoms with Gasteiger partial charge in [0.25, 0.3) is 5.91 Å². The highest BCUT2D eigenvalue weighted by molar-refractivity contribution is 5.94. The number of aliphatic hydroxyl groups is 1. The van der Waals surface area contributed by atoms with Gasteiger partial charge in [0.1, 0.15) is 6.61 Å². The molecule has 1 aliphatic rings. The van der Waals surface area contributed by atoms with Crippen LogP contribution in [0.5, 0.6) is 5.88 Å². The van der Waals surface area contributed by atoms with Crippen LogP contribution in [-0.4, -0.2) is 40.0 Å². The number of hydrogen-bond donors (Lipinski definition) is 2. The average Bonchev–Trinajstić information content (AvgIpc) is 2.78. The molecule has 2 N–H and O–H groups in total. The van der Waals surface area contributed by atoms with Crippen molar-refractivity contribution >= 4 is 5.91 Å². The van der Waals surface area contributed by atoms with Crippen molar-refractivity contribution in [2.24, 2.45) is 0 Å². The van der Waals surface area contributed by atoms with Gasteiger partial charge >= 0.3 is 0 Å². The average molecular weight is 225 g/mol.